The highest BCUT2D eigenvalue weighted by Crippen LogP contribution is 2.62. The Morgan fingerprint density at radius 1 is 1.30 bits per heavy atom. The second-order valence-corrected chi connectivity index (χ2v) is 13.6. The lowest BCUT2D eigenvalue weighted by atomic mass is 9.74. The molecule has 0 aliphatic heterocycles. The van der Waals surface area contributed by atoms with Crippen LogP contribution in [0.25, 0.3) is 0 Å². The van der Waals surface area contributed by atoms with Crippen molar-refractivity contribution < 1.29 is 9.53 Å². The van der Waals surface area contributed by atoms with Crippen LogP contribution < -0.4 is 0 Å². The minimum absolute atomic E-state index is 0.149. The summed E-state index contributed by atoms with van der Waals surface area (Å²) in [6.45, 7) is 13.6. The molecular formula is C17H30O2Si. The lowest BCUT2D eigenvalue weighted by molar-refractivity contribution is -0.0461. The molecule has 3 aliphatic rings. The van der Waals surface area contributed by atoms with Gasteiger partial charge in [0.2, 0.25) is 0 Å². The molecule has 1 N–H and O–H groups in total. The molecular weight excluding hydrogens is 264 g/mol. The van der Waals surface area contributed by atoms with Crippen LogP contribution in [0.15, 0.2) is 11.6 Å². The van der Waals surface area contributed by atoms with E-state index in [-0.39, 0.29) is 11.1 Å². The number of aliphatic hydroxyl groups is 1. The molecule has 114 valence electrons. The van der Waals surface area contributed by atoms with Crippen LogP contribution in [-0.4, -0.2) is 25.1 Å². The number of rotatable bonds is 2. The van der Waals surface area contributed by atoms with Gasteiger partial charge in [0.05, 0.1) is 11.7 Å². The summed E-state index contributed by atoms with van der Waals surface area (Å²) in [6, 6.07) is 0. The van der Waals surface area contributed by atoms with Crippen molar-refractivity contribution in [2.24, 2.45) is 17.8 Å². The smallest absolute Gasteiger partial charge is 0.192 e. The van der Waals surface area contributed by atoms with Crippen molar-refractivity contribution in [3.8, 4) is 0 Å². The molecule has 0 spiro atoms. The largest absolute Gasteiger partial charge is 0.410 e. The van der Waals surface area contributed by atoms with Gasteiger partial charge in [0, 0.05) is 5.92 Å². The van der Waals surface area contributed by atoms with E-state index >= 15 is 0 Å². The summed E-state index contributed by atoms with van der Waals surface area (Å²) < 4.78 is 6.67. The predicted molar refractivity (Wildman–Crippen MR) is 85.1 cm³/mol. The van der Waals surface area contributed by atoms with Crippen LogP contribution >= 0.6 is 0 Å². The van der Waals surface area contributed by atoms with Crippen LogP contribution in [0.4, 0.5) is 0 Å². The number of fused-ring (bicyclic) bond motifs is 5. The van der Waals surface area contributed by atoms with Gasteiger partial charge in [-0.05, 0) is 61.7 Å². The van der Waals surface area contributed by atoms with Crippen molar-refractivity contribution in [2.75, 3.05) is 0 Å². The quantitative estimate of drug-likeness (QED) is 0.613. The molecule has 2 saturated carbocycles. The highest BCUT2D eigenvalue weighted by molar-refractivity contribution is 6.74. The maximum Gasteiger partial charge on any atom is 0.192 e. The first kappa shape index (κ1) is 14.8. The molecule has 0 radical (unpaired) electrons. The van der Waals surface area contributed by atoms with Crippen molar-refractivity contribution in [2.45, 2.75) is 76.8 Å². The summed E-state index contributed by atoms with van der Waals surface area (Å²) in [5, 5.41) is 11.5. The Balaban J connectivity index is 1.87. The third-order valence-electron chi connectivity index (χ3n) is 6.75. The first-order chi connectivity index (χ1) is 9.07. The fraction of sp³-hybridized carbons (Fsp3) is 0.882. The molecule has 0 saturated heterocycles. The fourth-order valence-electron chi connectivity index (χ4n) is 4.59. The maximum absolute atomic E-state index is 11.2. The van der Waals surface area contributed by atoms with E-state index in [0.29, 0.717) is 17.8 Å². The first-order valence-electron chi connectivity index (χ1n) is 8.16. The van der Waals surface area contributed by atoms with E-state index in [1.807, 2.05) is 0 Å². The third kappa shape index (κ3) is 1.82. The zero-order valence-corrected chi connectivity index (χ0v) is 14.9. The standard InChI is InChI=1S/C17H30O2Si/c1-11-9-14(19-20(5,6)16(2,3)4)15-12-7-8-13(10-12)17(11,15)18/h9,12-15,18H,7-8,10H2,1-6H3/t12-,13+,14?,15-,17+/m1/s1. The van der Waals surface area contributed by atoms with Gasteiger partial charge >= 0.3 is 0 Å². The lowest BCUT2D eigenvalue weighted by Gasteiger charge is -2.43. The molecule has 0 aromatic heterocycles. The lowest BCUT2D eigenvalue weighted by Crippen LogP contribution is -2.50. The predicted octanol–water partition coefficient (Wildman–Crippen LogP) is 4.11. The zero-order valence-electron chi connectivity index (χ0n) is 13.9. The van der Waals surface area contributed by atoms with Crippen LogP contribution in [-0.2, 0) is 4.43 Å². The van der Waals surface area contributed by atoms with Crippen LogP contribution in [0.1, 0.15) is 47.0 Å². The van der Waals surface area contributed by atoms with Crippen molar-refractivity contribution in [3.05, 3.63) is 11.6 Å². The van der Waals surface area contributed by atoms with Crippen LogP contribution in [0, 0.1) is 17.8 Å². The summed E-state index contributed by atoms with van der Waals surface area (Å²) in [5.41, 5.74) is 0.633. The average molecular weight is 295 g/mol. The maximum atomic E-state index is 11.2. The van der Waals surface area contributed by atoms with Crippen LogP contribution in [0.3, 0.4) is 0 Å². The summed E-state index contributed by atoms with van der Waals surface area (Å²) in [6.07, 6.45) is 6.10. The van der Waals surface area contributed by atoms with E-state index < -0.39 is 13.9 Å². The van der Waals surface area contributed by atoms with Crippen molar-refractivity contribution in [1.82, 2.24) is 0 Å². The van der Waals surface area contributed by atoms with Gasteiger partial charge in [0.25, 0.3) is 0 Å². The van der Waals surface area contributed by atoms with E-state index in [1.165, 1.54) is 24.8 Å². The van der Waals surface area contributed by atoms with Gasteiger partial charge in [-0.1, -0.05) is 26.8 Å². The molecule has 2 nitrogen and oxygen atoms in total. The molecule has 3 heteroatoms. The molecule has 3 rings (SSSR count). The molecule has 0 heterocycles. The van der Waals surface area contributed by atoms with Crippen LogP contribution in [0.5, 0.6) is 0 Å². The summed E-state index contributed by atoms with van der Waals surface area (Å²) in [4.78, 5) is 0. The van der Waals surface area contributed by atoms with Crippen molar-refractivity contribution in [3.63, 3.8) is 0 Å². The molecule has 2 bridgehead atoms. The fourth-order valence-corrected chi connectivity index (χ4v) is 5.83. The Morgan fingerprint density at radius 3 is 2.55 bits per heavy atom. The molecule has 20 heavy (non-hydrogen) atoms. The Kier molecular flexibility index (Phi) is 3.11. The SMILES string of the molecule is CC1=CC(O[Si](C)(C)C(C)(C)C)[C@H]2[C@@H]3CC[C@@H](C3)[C@@]12O. The topological polar surface area (TPSA) is 29.5 Å². The number of hydrogen-bond acceptors (Lipinski definition) is 2. The second kappa shape index (κ2) is 4.20. The normalized spacial score (nSPS) is 43.9. The first-order valence-corrected chi connectivity index (χ1v) is 11.1. The second-order valence-electron chi connectivity index (χ2n) is 8.81. The summed E-state index contributed by atoms with van der Waals surface area (Å²) in [7, 11) is -1.78. The van der Waals surface area contributed by atoms with E-state index in [9.17, 15) is 5.11 Å². The Morgan fingerprint density at radius 2 is 1.95 bits per heavy atom. The Hall–Kier alpha value is -0.123. The summed E-state index contributed by atoms with van der Waals surface area (Å²) >= 11 is 0. The minimum Gasteiger partial charge on any atom is -0.410 e. The Labute approximate surface area is 124 Å². The highest BCUT2D eigenvalue weighted by atomic mass is 28.4. The average Bonchev–Trinajstić information content (AvgIpc) is 2.90. The van der Waals surface area contributed by atoms with Crippen LogP contribution in [0.2, 0.25) is 18.1 Å². The molecule has 2 fully saturated rings. The Bertz CT molecular complexity index is 448. The van der Waals surface area contributed by atoms with E-state index in [2.05, 4.69) is 46.9 Å². The van der Waals surface area contributed by atoms with Gasteiger partial charge in [-0.3, -0.25) is 0 Å². The number of hydrogen-bond donors (Lipinski definition) is 1. The molecule has 0 aromatic carbocycles. The van der Waals surface area contributed by atoms with Gasteiger partial charge < -0.3 is 9.53 Å². The zero-order chi connectivity index (χ0) is 14.9. The molecule has 1 unspecified atom stereocenters. The van der Waals surface area contributed by atoms with E-state index in [4.69, 9.17) is 4.43 Å². The highest BCUT2D eigenvalue weighted by Gasteiger charge is 2.63. The van der Waals surface area contributed by atoms with E-state index in [0.717, 1.165) is 0 Å². The van der Waals surface area contributed by atoms with Gasteiger partial charge in [-0.15, -0.1) is 0 Å². The van der Waals surface area contributed by atoms with Gasteiger partial charge in [0.1, 0.15) is 0 Å². The summed E-state index contributed by atoms with van der Waals surface area (Å²) in [5.74, 6) is 1.49. The van der Waals surface area contributed by atoms with Gasteiger partial charge in [-0.25, -0.2) is 0 Å². The molecule has 0 amide bonds. The van der Waals surface area contributed by atoms with Gasteiger partial charge in [-0.2, -0.15) is 0 Å². The molecule has 5 atom stereocenters. The molecule has 0 aromatic rings. The van der Waals surface area contributed by atoms with Crippen molar-refractivity contribution in [1.29, 1.82) is 0 Å². The van der Waals surface area contributed by atoms with E-state index in [1.54, 1.807) is 0 Å². The third-order valence-corrected chi connectivity index (χ3v) is 11.2. The molecule has 3 aliphatic carbocycles. The van der Waals surface area contributed by atoms with Gasteiger partial charge in [0.15, 0.2) is 8.32 Å². The monoisotopic (exact) mass is 294 g/mol. The van der Waals surface area contributed by atoms with Crippen molar-refractivity contribution >= 4 is 8.32 Å². The minimum atomic E-state index is -1.78.